The van der Waals surface area contributed by atoms with Crippen LogP contribution in [0.5, 0.6) is 0 Å². The molecule has 0 unspecified atom stereocenters. The Kier molecular flexibility index (Phi) is 2.67. The monoisotopic (exact) mass is 314 g/mol. The topological polar surface area (TPSA) is 54.0 Å². The molecule has 20 heavy (non-hydrogen) atoms. The Labute approximate surface area is 126 Å². The van der Waals surface area contributed by atoms with Crippen LogP contribution in [0.4, 0.5) is 0 Å². The minimum Gasteiger partial charge on any atom is -0.215 e. The lowest BCUT2D eigenvalue weighted by atomic mass is 10.3. The van der Waals surface area contributed by atoms with E-state index in [1.807, 2.05) is 35.0 Å². The maximum absolute atomic E-state index is 9.41. The first kappa shape index (κ1) is 11.8. The lowest BCUT2D eigenvalue weighted by Gasteiger charge is -1.91. The molecule has 0 aliphatic heterocycles. The fourth-order valence-electron chi connectivity index (χ4n) is 1.93. The van der Waals surface area contributed by atoms with E-state index >= 15 is 0 Å². The Morgan fingerprint density at radius 2 is 1.85 bits per heavy atom. The fraction of sp³-hybridized carbons (Fsp3) is 0. The highest BCUT2D eigenvalue weighted by atomic mass is 32.1. The van der Waals surface area contributed by atoms with Crippen LogP contribution in [0.15, 0.2) is 35.0 Å². The van der Waals surface area contributed by atoms with Crippen molar-refractivity contribution in [2.24, 2.45) is 0 Å². The van der Waals surface area contributed by atoms with Crippen LogP contribution in [0.25, 0.3) is 25.4 Å². The van der Waals surface area contributed by atoms with Gasteiger partial charge in [0, 0.05) is 0 Å². The first-order valence-electron chi connectivity index (χ1n) is 5.74. The van der Waals surface area contributed by atoms with Crippen LogP contribution in [0.2, 0.25) is 0 Å². The van der Waals surface area contributed by atoms with Gasteiger partial charge in [-0.3, -0.25) is 0 Å². The maximum Gasteiger partial charge on any atom is 0.214 e. The molecule has 0 aliphatic carbocycles. The standard InChI is InChI=1S/C13H6N4S3/c14-7-8-11(9-3-1-5-18-9)15-13-17(8)16-12(20-13)10-4-2-6-19-10/h1-6H. The largest absolute Gasteiger partial charge is 0.215 e. The van der Waals surface area contributed by atoms with Gasteiger partial charge in [0.15, 0.2) is 10.7 Å². The van der Waals surface area contributed by atoms with Gasteiger partial charge in [0.25, 0.3) is 0 Å². The van der Waals surface area contributed by atoms with Crippen LogP contribution in [0.1, 0.15) is 5.69 Å². The van der Waals surface area contributed by atoms with Crippen LogP contribution in [0.3, 0.4) is 0 Å². The van der Waals surface area contributed by atoms with E-state index in [1.165, 1.54) is 11.3 Å². The second-order valence-corrected chi connectivity index (χ2v) is 6.83. The van der Waals surface area contributed by atoms with Crippen molar-refractivity contribution in [3.05, 3.63) is 40.7 Å². The number of hydrogen-bond donors (Lipinski definition) is 0. The predicted octanol–water partition coefficient (Wildman–Crippen LogP) is 4.12. The number of nitrogens with zero attached hydrogens (tertiary/aromatic N) is 4. The van der Waals surface area contributed by atoms with E-state index in [-0.39, 0.29) is 0 Å². The molecule has 0 fully saturated rings. The normalized spacial score (nSPS) is 10.9. The number of imidazole rings is 1. The molecule has 4 nitrogen and oxygen atoms in total. The molecule has 0 radical (unpaired) electrons. The van der Waals surface area contributed by atoms with Crippen LogP contribution < -0.4 is 0 Å². The maximum atomic E-state index is 9.41. The van der Waals surface area contributed by atoms with E-state index in [4.69, 9.17) is 0 Å². The number of fused-ring (bicyclic) bond motifs is 1. The lowest BCUT2D eigenvalue weighted by Crippen LogP contribution is -1.89. The molecule has 0 bridgehead atoms. The summed E-state index contributed by atoms with van der Waals surface area (Å²) in [5, 5.41) is 18.8. The van der Waals surface area contributed by atoms with Gasteiger partial charge in [0.05, 0.1) is 9.75 Å². The zero-order chi connectivity index (χ0) is 13.5. The van der Waals surface area contributed by atoms with E-state index in [1.54, 1.807) is 27.2 Å². The molecular weight excluding hydrogens is 308 g/mol. The summed E-state index contributed by atoms with van der Waals surface area (Å²) >= 11 is 4.72. The highest BCUT2D eigenvalue weighted by Gasteiger charge is 2.19. The Morgan fingerprint density at radius 3 is 2.50 bits per heavy atom. The molecule has 0 aromatic carbocycles. The number of hydrogen-bond acceptors (Lipinski definition) is 6. The molecule has 4 aromatic heterocycles. The predicted molar refractivity (Wildman–Crippen MR) is 82.2 cm³/mol. The fourth-order valence-corrected chi connectivity index (χ4v) is 4.34. The average Bonchev–Trinajstić information content (AvgIpc) is 3.21. The van der Waals surface area contributed by atoms with E-state index in [0.29, 0.717) is 5.69 Å². The molecule has 0 saturated heterocycles. The smallest absolute Gasteiger partial charge is 0.214 e. The minimum atomic E-state index is 0.501. The van der Waals surface area contributed by atoms with Gasteiger partial charge >= 0.3 is 0 Å². The van der Waals surface area contributed by atoms with Gasteiger partial charge in [-0.25, -0.2) is 4.98 Å². The summed E-state index contributed by atoms with van der Waals surface area (Å²) in [6.45, 7) is 0. The van der Waals surface area contributed by atoms with Gasteiger partial charge in [0.2, 0.25) is 4.96 Å². The van der Waals surface area contributed by atoms with Crippen molar-refractivity contribution < 1.29 is 0 Å². The van der Waals surface area contributed by atoms with Crippen molar-refractivity contribution in [1.29, 1.82) is 5.26 Å². The van der Waals surface area contributed by atoms with Crippen molar-refractivity contribution in [2.45, 2.75) is 0 Å². The summed E-state index contributed by atoms with van der Waals surface area (Å²) in [5.74, 6) is 0. The average molecular weight is 314 g/mol. The van der Waals surface area contributed by atoms with Crippen LogP contribution >= 0.6 is 34.0 Å². The van der Waals surface area contributed by atoms with Crippen LogP contribution in [-0.4, -0.2) is 14.6 Å². The highest BCUT2D eigenvalue weighted by molar-refractivity contribution is 7.23. The van der Waals surface area contributed by atoms with Crippen LogP contribution in [0, 0.1) is 11.3 Å². The second kappa shape index (κ2) is 4.52. The molecular formula is C13H6N4S3. The van der Waals surface area contributed by atoms with E-state index < -0.39 is 0 Å². The molecule has 0 atom stereocenters. The SMILES string of the molecule is N#Cc1c(-c2cccs2)nc2sc(-c3cccs3)nn12. The number of aromatic nitrogens is 3. The minimum absolute atomic E-state index is 0.501. The number of rotatable bonds is 2. The summed E-state index contributed by atoms with van der Waals surface area (Å²) in [6.07, 6.45) is 0. The van der Waals surface area contributed by atoms with E-state index in [0.717, 1.165) is 25.4 Å². The zero-order valence-corrected chi connectivity index (χ0v) is 12.4. The first-order chi connectivity index (χ1) is 9.86. The molecule has 0 saturated carbocycles. The zero-order valence-electron chi connectivity index (χ0n) is 9.98. The summed E-state index contributed by atoms with van der Waals surface area (Å²) in [7, 11) is 0. The van der Waals surface area contributed by atoms with Crippen molar-refractivity contribution in [1.82, 2.24) is 14.6 Å². The van der Waals surface area contributed by atoms with Gasteiger partial charge in [-0.15, -0.1) is 22.7 Å². The Hall–Kier alpha value is -2.01. The third kappa shape index (κ3) is 1.70. The second-order valence-electron chi connectivity index (χ2n) is 3.98. The van der Waals surface area contributed by atoms with Crippen LogP contribution in [-0.2, 0) is 0 Å². The van der Waals surface area contributed by atoms with Gasteiger partial charge < -0.3 is 0 Å². The molecule has 0 amide bonds. The molecule has 4 aromatic rings. The molecule has 0 spiro atoms. The van der Waals surface area contributed by atoms with Gasteiger partial charge in [-0.05, 0) is 22.9 Å². The van der Waals surface area contributed by atoms with Gasteiger partial charge in [-0.1, -0.05) is 23.5 Å². The Bertz CT molecular complexity index is 907. The molecule has 0 aliphatic rings. The number of nitriles is 1. The van der Waals surface area contributed by atoms with Crippen molar-refractivity contribution >= 4 is 39.0 Å². The molecule has 4 heterocycles. The van der Waals surface area contributed by atoms with Crippen molar-refractivity contribution in [2.75, 3.05) is 0 Å². The quantitative estimate of drug-likeness (QED) is 0.559. The highest BCUT2D eigenvalue weighted by Crippen LogP contribution is 2.33. The Balaban J connectivity index is 1.94. The number of thiophene rings is 2. The van der Waals surface area contributed by atoms with E-state index in [2.05, 4.69) is 16.2 Å². The summed E-state index contributed by atoms with van der Waals surface area (Å²) in [6, 6.07) is 10.2. The third-order valence-corrected chi connectivity index (χ3v) is 5.62. The first-order valence-corrected chi connectivity index (χ1v) is 8.32. The third-order valence-electron chi connectivity index (χ3n) is 2.80. The lowest BCUT2D eigenvalue weighted by molar-refractivity contribution is 0.962. The van der Waals surface area contributed by atoms with Crippen molar-refractivity contribution in [3.63, 3.8) is 0 Å². The van der Waals surface area contributed by atoms with E-state index in [9.17, 15) is 5.26 Å². The van der Waals surface area contributed by atoms with Gasteiger partial charge in [0.1, 0.15) is 11.8 Å². The summed E-state index contributed by atoms with van der Waals surface area (Å²) in [5.41, 5.74) is 1.22. The van der Waals surface area contributed by atoms with Crippen molar-refractivity contribution in [3.8, 4) is 26.5 Å². The van der Waals surface area contributed by atoms with Gasteiger partial charge in [-0.2, -0.15) is 14.9 Å². The summed E-state index contributed by atoms with van der Waals surface area (Å²) < 4.78 is 1.65. The molecule has 96 valence electrons. The molecule has 0 N–H and O–H groups in total. The summed E-state index contributed by atoms with van der Waals surface area (Å²) in [4.78, 5) is 7.42. The Morgan fingerprint density at radius 1 is 1.10 bits per heavy atom. The molecule has 4 rings (SSSR count). The molecule has 7 heteroatoms.